The van der Waals surface area contributed by atoms with Crippen molar-refractivity contribution in [2.45, 2.75) is 29.2 Å². The van der Waals surface area contributed by atoms with Gasteiger partial charge in [0.05, 0.1) is 26.0 Å². The number of aromatic nitrogens is 1. The number of carbonyl (C=O) groups is 2. The van der Waals surface area contributed by atoms with Gasteiger partial charge in [-0.1, -0.05) is 11.6 Å². The summed E-state index contributed by atoms with van der Waals surface area (Å²) in [6.07, 6.45) is -4.34. The van der Waals surface area contributed by atoms with Gasteiger partial charge in [-0.3, -0.25) is 14.2 Å². The van der Waals surface area contributed by atoms with E-state index in [1.165, 1.54) is 25.1 Å². The normalized spacial score (nSPS) is 12.1. The van der Waals surface area contributed by atoms with Crippen LogP contribution >= 0.6 is 34.7 Å². The second-order valence-corrected chi connectivity index (χ2v) is 9.06. The summed E-state index contributed by atoms with van der Waals surface area (Å²) < 4.78 is 52.4. The predicted octanol–water partition coefficient (Wildman–Crippen LogP) is 5.64. The van der Waals surface area contributed by atoms with Crippen LogP contribution < -0.4 is 0 Å². The van der Waals surface area contributed by atoms with E-state index in [9.17, 15) is 37.4 Å². The molecule has 0 saturated heterocycles. The quantitative estimate of drug-likeness (QED) is 0.352. The van der Waals surface area contributed by atoms with Crippen molar-refractivity contribution in [2.75, 3.05) is 0 Å². The smallest absolute Gasteiger partial charge is 0.358 e. The van der Waals surface area contributed by atoms with Gasteiger partial charge in [0.25, 0.3) is 5.91 Å². The number of rotatable bonds is 6. The molecule has 160 valence electrons. The molecule has 2 aromatic heterocycles. The molecule has 1 aromatic carbocycles. The zero-order chi connectivity index (χ0) is 22.4. The first-order valence-electron chi connectivity index (χ1n) is 8.16. The molecule has 0 amide bonds. The van der Waals surface area contributed by atoms with Gasteiger partial charge in [0, 0.05) is 11.1 Å². The summed E-state index contributed by atoms with van der Waals surface area (Å²) in [5.74, 6) is -2.16. The number of thioether (sulfide) groups is 1. The molecule has 0 aliphatic carbocycles. The molecule has 0 atom stereocenters. The maximum absolute atomic E-state index is 13.3. The second kappa shape index (κ2) is 8.12. The number of carbonyl (C=O) groups excluding carboxylic acids is 1. The van der Waals surface area contributed by atoms with Gasteiger partial charge in [-0.15, -0.1) is 11.3 Å². The highest BCUT2D eigenvalue weighted by atomic mass is 35.5. The van der Waals surface area contributed by atoms with Gasteiger partial charge in [-0.25, -0.2) is 8.78 Å². The van der Waals surface area contributed by atoms with Crippen LogP contribution in [0.3, 0.4) is 0 Å². The number of carboxylic acids is 1. The highest BCUT2D eigenvalue weighted by Gasteiger charge is 2.42. The van der Waals surface area contributed by atoms with Crippen molar-refractivity contribution in [3.63, 3.8) is 0 Å². The monoisotopic (exact) mass is 481 g/mol. The minimum Gasteiger partial charge on any atom is -0.506 e. The zero-order valence-corrected chi connectivity index (χ0v) is 17.3. The summed E-state index contributed by atoms with van der Waals surface area (Å²) in [5.41, 5.74) is 0.671. The summed E-state index contributed by atoms with van der Waals surface area (Å²) in [7, 11) is 0. The number of thiophene rings is 1. The van der Waals surface area contributed by atoms with E-state index in [2.05, 4.69) is 0 Å². The predicted molar refractivity (Wildman–Crippen MR) is 106 cm³/mol. The first-order valence-corrected chi connectivity index (χ1v) is 10.2. The molecule has 12 heteroatoms. The Balaban J connectivity index is 2.09. The van der Waals surface area contributed by atoms with Crippen molar-refractivity contribution >= 4 is 57.5 Å². The van der Waals surface area contributed by atoms with Crippen molar-refractivity contribution in [1.82, 2.24) is 4.57 Å². The third kappa shape index (κ3) is 4.01. The Morgan fingerprint density at radius 2 is 1.93 bits per heavy atom. The number of benzene rings is 1. The Hall–Kier alpha value is -2.24. The molecule has 2 heterocycles. The van der Waals surface area contributed by atoms with Crippen molar-refractivity contribution in [2.24, 2.45) is 0 Å². The third-order valence-electron chi connectivity index (χ3n) is 4.23. The largest absolute Gasteiger partial charge is 0.506 e. The van der Waals surface area contributed by atoms with Gasteiger partial charge < -0.3 is 10.2 Å². The zero-order valence-electron chi connectivity index (χ0n) is 15.0. The number of phenols is 1. The summed E-state index contributed by atoms with van der Waals surface area (Å²) in [6, 6.07) is 4.97. The van der Waals surface area contributed by atoms with Crippen LogP contribution in [0.1, 0.15) is 20.9 Å². The van der Waals surface area contributed by atoms with Crippen LogP contribution in [-0.2, 0) is 11.2 Å². The summed E-state index contributed by atoms with van der Waals surface area (Å²) in [4.78, 5) is 24.3. The molecule has 0 unspecified atom stereocenters. The average Bonchev–Trinajstić information content (AvgIpc) is 3.20. The third-order valence-corrected chi connectivity index (χ3v) is 6.77. The van der Waals surface area contributed by atoms with Gasteiger partial charge in [0.1, 0.15) is 5.75 Å². The molecular formula is C18H12ClF4NO4S2. The lowest BCUT2D eigenvalue weighted by Gasteiger charge is -2.12. The molecule has 30 heavy (non-hydrogen) atoms. The van der Waals surface area contributed by atoms with E-state index in [4.69, 9.17) is 11.6 Å². The van der Waals surface area contributed by atoms with E-state index in [-0.39, 0.29) is 53.8 Å². The van der Waals surface area contributed by atoms with Crippen LogP contribution in [0.15, 0.2) is 28.5 Å². The lowest BCUT2D eigenvalue weighted by atomic mass is 10.1. The molecular weight excluding hydrogens is 470 g/mol. The topological polar surface area (TPSA) is 79.5 Å². The van der Waals surface area contributed by atoms with Gasteiger partial charge in [0.15, 0.2) is 0 Å². The summed E-state index contributed by atoms with van der Waals surface area (Å²) >= 11 is 6.40. The van der Waals surface area contributed by atoms with Crippen LogP contribution in [0, 0.1) is 6.92 Å². The Labute approximate surface area is 179 Å². The van der Waals surface area contributed by atoms with Crippen molar-refractivity contribution in [1.29, 1.82) is 0 Å². The minimum atomic E-state index is -4.30. The van der Waals surface area contributed by atoms with Crippen LogP contribution in [0.4, 0.5) is 17.6 Å². The number of aliphatic carboxylic acids is 1. The first-order chi connectivity index (χ1) is 13.9. The van der Waals surface area contributed by atoms with Crippen LogP contribution in [-0.4, -0.2) is 38.3 Å². The fraction of sp³-hybridized carbons (Fsp3) is 0.222. The van der Waals surface area contributed by atoms with Gasteiger partial charge >= 0.3 is 17.6 Å². The molecule has 0 spiro atoms. The van der Waals surface area contributed by atoms with Crippen molar-refractivity contribution in [3.05, 3.63) is 45.4 Å². The molecule has 0 aliphatic rings. The number of fused-ring (bicyclic) bond motifs is 1. The standard InChI is InChI=1S/C18H12ClF4NO4S2/c1-7-8(6-12(26)27)14-9(2-3-10(25)15(14)19)24(7)16(28)11-4-5-13(29-11)30-18(22,23)17(20)21/h2-5,17,25H,6H2,1H3,(H,26,27). The summed E-state index contributed by atoms with van der Waals surface area (Å²) in [5, 5.41) is 14.8. The average molecular weight is 482 g/mol. The Morgan fingerprint density at radius 3 is 2.53 bits per heavy atom. The lowest BCUT2D eigenvalue weighted by molar-refractivity contribution is -0.136. The van der Waals surface area contributed by atoms with E-state index in [1.807, 2.05) is 0 Å². The van der Waals surface area contributed by atoms with E-state index in [0.717, 1.165) is 10.6 Å². The van der Waals surface area contributed by atoms with Crippen LogP contribution in [0.2, 0.25) is 5.02 Å². The Bertz CT molecular complexity index is 1160. The van der Waals surface area contributed by atoms with E-state index in [0.29, 0.717) is 11.3 Å². The van der Waals surface area contributed by atoms with Crippen molar-refractivity contribution in [3.8, 4) is 5.75 Å². The molecule has 0 saturated carbocycles. The fourth-order valence-corrected chi connectivity index (χ4v) is 5.14. The lowest BCUT2D eigenvalue weighted by Crippen LogP contribution is -2.21. The first kappa shape index (κ1) is 22.4. The highest BCUT2D eigenvalue weighted by Crippen LogP contribution is 2.44. The molecule has 3 rings (SSSR count). The van der Waals surface area contributed by atoms with Crippen LogP contribution in [0.5, 0.6) is 5.75 Å². The number of halogens is 5. The molecule has 0 fully saturated rings. The number of nitrogens with zero attached hydrogens (tertiary/aromatic N) is 1. The number of hydrogen-bond donors (Lipinski definition) is 2. The van der Waals surface area contributed by atoms with Crippen molar-refractivity contribution < 1.29 is 37.4 Å². The van der Waals surface area contributed by atoms with E-state index < -0.39 is 30.0 Å². The minimum absolute atomic E-state index is 0.0198. The highest BCUT2D eigenvalue weighted by molar-refractivity contribution is 8.02. The molecule has 0 radical (unpaired) electrons. The molecule has 5 nitrogen and oxygen atoms in total. The van der Waals surface area contributed by atoms with E-state index >= 15 is 0 Å². The SMILES string of the molecule is Cc1c(CC(=O)O)c2c(Cl)c(O)ccc2n1C(=O)c1ccc(SC(F)(F)C(F)F)s1. The fourth-order valence-electron chi connectivity index (χ4n) is 2.93. The number of alkyl halides is 4. The Morgan fingerprint density at radius 1 is 1.27 bits per heavy atom. The van der Waals surface area contributed by atoms with Gasteiger partial charge in [0.2, 0.25) is 0 Å². The number of aromatic hydroxyl groups is 1. The van der Waals surface area contributed by atoms with Crippen LogP contribution in [0.25, 0.3) is 10.9 Å². The molecule has 2 N–H and O–H groups in total. The summed E-state index contributed by atoms with van der Waals surface area (Å²) in [6.45, 7) is 1.48. The number of phenolic OH excluding ortho intramolecular Hbond substituents is 1. The second-order valence-electron chi connectivity index (χ2n) is 6.15. The molecule has 0 bridgehead atoms. The maximum Gasteiger partial charge on any atom is 0.358 e. The molecule has 0 aliphatic heterocycles. The van der Waals surface area contributed by atoms with Gasteiger partial charge in [-0.2, -0.15) is 8.78 Å². The molecule has 3 aromatic rings. The number of hydrogen-bond acceptors (Lipinski definition) is 5. The maximum atomic E-state index is 13.3. The number of carboxylic acid groups (broad SMARTS) is 1. The Kier molecular flexibility index (Phi) is 6.08. The van der Waals surface area contributed by atoms with Gasteiger partial charge in [-0.05, 0) is 48.5 Å². The van der Waals surface area contributed by atoms with E-state index in [1.54, 1.807) is 0 Å².